The van der Waals surface area contributed by atoms with E-state index in [9.17, 15) is 19.6 Å². The molecule has 0 amide bonds. The molecule has 2 aliphatic heterocycles. The van der Waals surface area contributed by atoms with Gasteiger partial charge in [-0.2, -0.15) is 10.1 Å². The van der Waals surface area contributed by atoms with Gasteiger partial charge in [0, 0.05) is 0 Å². The zero-order chi connectivity index (χ0) is 26.5. The minimum absolute atomic E-state index is 0.0280. The fourth-order valence-corrected chi connectivity index (χ4v) is 6.33. The molecule has 198 valence electrons. The number of carbonyl (C=O) groups is 1. The average Bonchev–Trinajstić information content (AvgIpc) is 3.10. The third-order valence-corrected chi connectivity index (χ3v) is 8.30. The Morgan fingerprint density at radius 2 is 1.97 bits per heavy atom. The number of nitrogens with two attached hydrogens (primary N) is 1. The number of nitrogens with zero attached hydrogens (tertiary/aromatic N) is 3. The first-order valence-electron chi connectivity index (χ1n) is 11.3. The summed E-state index contributed by atoms with van der Waals surface area (Å²) in [5.41, 5.74) is 5.57. The van der Waals surface area contributed by atoms with Crippen LogP contribution in [0.25, 0.3) is 0 Å². The van der Waals surface area contributed by atoms with Crippen molar-refractivity contribution in [2.24, 2.45) is 21.6 Å². The molecule has 1 fully saturated rings. The van der Waals surface area contributed by atoms with E-state index in [2.05, 4.69) is 21.7 Å². The van der Waals surface area contributed by atoms with Crippen LogP contribution in [-0.4, -0.2) is 75.5 Å². The van der Waals surface area contributed by atoms with E-state index in [0.29, 0.717) is 0 Å². The largest absolute Gasteiger partial charge is 0.464 e. The van der Waals surface area contributed by atoms with Crippen LogP contribution in [0.4, 0.5) is 0 Å². The van der Waals surface area contributed by atoms with Crippen molar-refractivity contribution >= 4 is 37.8 Å². The maximum Gasteiger partial charge on any atom is 0.459 e. The molecule has 1 aromatic rings. The van der Waals surface area contributed by atoms with Gasteiger partial charge in [-0.25, -0.2) is 9.56 Å². The highest BCUT2D eigenvalue weighted by atomic mass is 32.2. The fraction of sp³-hybridized carbons (Fsp3) is 0.500. The average molecular weight is 542 g/mol. The SMILES string of the molecule is C=C1N=C(N)N=CN1[C@@H]1S[C@H](COP(=O)(N[C@@H](C)C(=O)OCC(C)C)Oc2ccccc2)[C@H](O)C1O. The minimum Gasteiger partial charge on any atom is -0.464 e. The van der Waals surface area contributed by atoms with Crippen molar-refractivity contribution in [2.75, 3.05) is 13.2 Å². The van der Waals surface area contributed by atoms with E-state index < -0.39 is 42.6 Å². The topological polar surface area (TPSA) is 168 Å². The number of hydrogen-bond acceptors (Lipinski definition) is 12. The third kappa shape index (κ3) is 7.31. The van der Waals surface area contributed by atoms with Gasteiger partial charge in [-0.3, -0.25) is 9.32 Å². The number of aliphatic hydroxyl groups is 2. The lowest BCUT2D eigenvalue weighted by Gasteiger charge is -2.29. The van der Waals surface area contributed by atoms with Gasteiger partial charge in [-0.15, -0.1) is 11.8 Å². The Bertz CT molecular complexity index is 1040. The molecule has 0 aromatic heterocycles. The number of benzene rings is 1. The lowest BCUT2D eigenvalue weighted by molar-refractivity contribution is -0.146. The van der Waals surface area contributed by atoms with Crippen LogP contribution in [0, 0.1) is 5.92 Å². The maximum atomic E-state index is 13.7. The number of carbonyl (C=O) groups excluding carboxylic acids is 1. The summed E-state index contributed by atoms with van der Waals surface area (Å²) in [5, 5.41) is 22.5. The third-order valence-electron chi connectivity index (χ3n) is 5.11. The summed E-state index contributed by atoms with van der Waals surface area (Å²) in [7, 11) is -4.12. The van der Waals surface area contributed by atoms with Crippen molar-refractivity contribution in [2.45, 2.75) is 49.6 Å². The van der Waals surface area contributed by atoms with Gasteiger partial charge in [-0.1, -0.05) is 38.6 Å². The summed E-state index contributed by atoms with van der Waals surface area (Å²) in [6, 6.07) is 7.33. The molecule has 0 saturated carbocycles. The van der Waals surface area contributed by atoms with Crippen LogP contribution < -0.4 is 15.3 Å². The van der Waals surface area contributed by atoms with E-state index in [1.54, 1.807) is 30.3 Å². The van der Waals surface area contributed by atoms with Crippen molar-refractivity contribution in [3.8, 4) is 5.75 Å². The normalized spacial score (nSPS) is 26.4. The van der Waals surface area contributed by atoms with Gasteiger partial charge in [0.1, 0.15) is 35.4 Å². The molecule has 12 nitrogen and oxygen atoms in total. The first-order chi connectivity index (χ1) is 17.0. The molecule has 2 heterocycles. The highest BCUT2D eigenvalue weighted by molar-refractivity contribution is 8.00. The predicted octanol–water partition coefficient (Wildman–Crippen LogP) is 1.66. The molecule has 0 bridgehead atoms. The van der Waals surface area contributed by atoms with Crippen molar-refractivity contribution in [3.05, 3.63) is 42.7 Å². The van der Waals surface area contributed by atoms with Gasteiger partial charge in [0.25, 0.3) is 0 Å². The number of aliphatic imine (C=N–C) groups is 2. The van der Waals surface area contributed by atoms with Crippen LogP contribution >= 0.6 is 19.5 Å². The number of thioether (sulfide) groups is 1. The highest BCUT2D eigenvalue weighted by Crippen LogP contribution is 2.47. The first-order valence-corrected chi connectivity index (χ1v) is 13.8. The number of ether oxygens (including phenoxy) is 1. The second kappa shape index (κ2) is 12.2. The van der Waals surface area contributed by atoms with Crippen LogP contribution in [0.15, 0.2) is 52.7 Å². The Kier molecular flexibility index (Phi) is 9.56. The zero-order valence-electron chi connectivity index (χ0n) is 20.3. The lowest BCUT2D eigenvalue weighted by atomic mass is 10.1. The molecule has 1 saturated heterocycles. The van der Waals surface area contributed by atoms with E-state index in [1.165, 1.54) is 18.2 Å². The molecular weight excluding hydrogens is 509 g/mol. The smallest absolute Gasteiger partial charge is 0.459 e. The van der Waals surface area contributed by atoms with Crippen molar-refractivity contribution in [3.63, 3.8) is 0 Å². The second-order valence-corrected chi connectivity index (χ2v) is 11.7. The summed E-state index contributed by atoms with van der Waals surface area (Å²) < 4.78 is 30.2. The first kappa shape index (κ1) is 28.2. The molecular formula is C22H32N5O7PS. The molecule has 0 radical (unpaired) electrons. The molecule has 14 heteroatoms. The molecule has 6 atom stereocenters. The number of para-hydroxylation sites is 1. The van der Waals surface area contributed by atoms with Crippen molar-refractivity contribution in [1.82, 2.24) is 9.99 Å². The van der Waals surface area contributed by atoms with Gasteiger partial charge >= 0.3 is 13.7 Å². The van der Waals surface area contributed by atoms with E-state index >= 15 is 0 Å². The Morgan fingerprint density at radius 1 is 1.28 bits per heavy atom. The molecule has 36 heavy (non-hydrogen) atoms. The molecule has 1 aromatic carbocycles. The number of nitrogens with one attached hydrogen (secondary N) is 1. The van der Waals surface area contributed by atoms with Crippen LogP contribution in [0.2, 0.25) is 0 Å². The highest BCUT2D eigenvalue weighted by Gasteiger charge is 2.47. The number of hydrogen-bond donors (Lipinski definition) is 4. The summed E-state index contributed by atoms with van der Waals surface area (Å²) in [5.74, 6) is 0.0531. The van der Waals surface area contributed by atoms with Gasteiger partial charge in [0.05, 0.1) is 24.6 Å². The number of esters is 1. The number of aliphatic hydroxyl groups excluding tert-OH is 2. The monoisotopic (exact) mass is 541 g/mol. The van der Waals surface area contributed by atoms with Crippen LogP contribution in [0.3, 0.4) is 0 Å². The molecule has 0 spiro atoms. The van der Waals surface area contributed by atoms with Crippen molar-refractivity contribution < 1.29 is 33.4 Å². The van der Waals surface area contributed by atoms with Gasteiger partial charge < -0.3 is 30.1 Å². The molecule has 5 N–H and O–H groups in total. The number of rotatable bonds is 11. The maximum absolute atomic E-state index is 13.7. The summed E-state index contributed by atoms with van der Waals surface area (Å²) in [4.78, 5) is 21.7. The fourth-order valence-electron chi connectivity index (χ4n) is 3.26. The van der Waals surface area contributed by atoms with E-state index in [4.69, 9.17) is 19.5 Å². The Labute approximate surface area is 214 Å². The van der Waals surface area contributed by atoms with Gasteiger partial charge in [0.15, 0.2) is 0 Å². The lowest BCUT2D eigenvalue weighted by Crippen LogP contribution is -2.43. The summed E-state index contributed by atoms with van der Waals surface area (Å²) in [6.07, 6.45) is -1.08. The van der Waals surface area contributed by atoms with Crippen LogP contribution in [0.5, 0.6) is 5.75 Å². The summed E-state index contributed by atoms with van der Waals surface area (Å²) in [6.45, 7) is 9.02. The van der Waals surface area contributed by atoms with E-state index in [-0.39, 0.29) is 36.7 Å². The predicted molar refractivity (Wildman–Crippen MR) is 137 cm³/mol. The minimum atomic E-state index is -4.12. The van der Waals surface area contributed by atoms with Gasteiger partial charge in [-0.05, 0) is 25.0 Å². The number of guanidine groups is 1. The standard InChI is InChI=1S/C22H32N5O7PS/c1-13(2)10-32-21(30)14(3)26-35(31,34-16-8-6-5-7-9-16)33-11-17-18(28)19(29)20(36-17)27-12-24-22(23)25-15(27)4/h5-9,12-14,17-20,28-29H,4,10-11H2,1-3H3,(H2,23,25)(H,26,31)/t14-,17+,18-,19?,20+,35?/m0/s1. The van der Waals surface area contributed by atoms with Crippen molar-refractivity contribution in [1.29, 1.82) is 0 Å². The molecule has 2 unspecified atom stereocenters. The molecule has 3 rings (SSSR count). The van der Waals surface area contributed by atoms with E-state index in [0.717, 1.165) is 11.8 Å². The Morgan fingerprint density at radius 3 is 2.61 bits per heavy atom. The summed E-state index contributed by atoms with van der Waals surface area (Å²) >= 11 is 1.16. The second-order valence-electron chi connectivity index (χ2n) is 8.66. The molecule has 0 aliphatic carbocycles. The van der Waals surface area contributed by atoms with Gasteiger partial charge in [0.2, 0.25) is 5.96 Å². The van der Waals surface area contributed by atoms with Crippen LogP contribution in [0.1, 0.15) is 20.8 Å². The quantitative estimate of drug-likeness (QED) is 0.237. The zero-order valence-corrected chi connectivity index (χ0v) is 22.0. The van der Waals surface area contributed by atoms with E-state index in [1.807, 2.05) is 13.8 Å². The van der Waals surface area contributed by atoms with Crippen LogP contribution in [-0.2, 0) is 18.6 Å². The Hall–Kier alpha value is -2.41. The Balaban J connectivity index is 1.70. The molecule has 2 aliphatic rings.